The number of hydrogen-bond donors (Lipinski definition) is 2. The van der Waals surface area contributed by atoms with E-state index >= 15 is 0 Å². The van der Waals surface area contributed by atoms with E-state index in [2.05, 4.69) is 5.32 Å². The van der Waals surface area contributed by atoms with Crippen molar-refractivity contribution in [3.05, 3.63) is 62.1 Å². The molecule has 2 aromatic carbocycles. The topological polar surface area (TPSA) is 32.3 Å². The van der Waals surface area contributed by atoms with Gasteiger partial charge in [-0.05, 0) is 60.3 Å². The Morgan fingerprint density at radius 1 is 1.10 bits per heavy atom. The standard InChI is InChI=1S/C16H14Cl3NO/c17-11-2-1-10(13(18)7-11)6-15-12-8-16(21)14(19)5-9(12)3-4-20-15/h1-2,5,7-8,15,20-21H,3-4,6H2. The van der Waals surface area contributed by atoms with Crippen molar-refractivity contribution in [2.75, 3.05) is 6.54 Å². The quantitative estimate of drug-likeness (QED) is 0.823. The minimum Gasteiger partial charge on any atom is -0.506 e. The molecular weight excluding hydrogens is 329 g/mol. The molecule has 0 amide bonds. The summed E-state index contributed by atoms with van der Waals surface area (Å²) in [6.45, 7) is 0.879. The number of rotatable bonds is 2. The predicted octanol–water partition coefficient (Wildman–Crippen LogP) is 4.78. The maximum absolute atomic E-state index is 9.85. The smallest absolute Gasteiger partial charge is 0.134 e. The van der Waals surface area contributed by atoms with E-state index in [9.17, 15) is 5.11 Å². The highest BCUT2D eigenvalue weighted by Gasteiger charge is 2.22. The van der Waals surface area contributed by atoms with Gasteiger partial charge in [-0.1, -0.05) is 40.9 Å². The van der Waals surface area contributed by atoms with Crippen LogP contribution < -0.4 is 5.32 Å². The number of halogens is 3. The van der Waals surface area contributed by atoms with Gasteiger partial charge in [-0.3, -0.25) is 0 Å². The molecule has 3 rings (SSSR count). The number of phenolic OH excluding ortho intramolecular Hbond substituents is 1. The Morgan fingerprint density at radius 2 is 1.90 bits per heavy atom. The van der Waals surface area contributed by atoms with Crippen LogP contribution in [0.15, 0.2) is 30.3 Å². The molecule has 1 unspecified atom stereocenters. The molecule has 0 saturated carbocycles. The fraction of sp³-hybridized carbons (Fsp3) is 0.250. The molecule has 1 heterocycles. The highest BCUT2D eigenvalue weighted by Crippen LogP contribution is 2.35. The van der Waals surface area contributed by atoms with E-state index in [0.29, 0.717) is 15.1 Å². The highest BCUT2D eigenvalue weighted by atomic mass is 35.5. The summed E-state index contributed by atoms with van der Waals surface area (Å²) in [5.41, 5.74) is 3.28. The molecule has 0 aliphatic carbocycles. The Hall–Kier alpha value is -0.930. The molecule has 0 spiro atoms. The summed E-state index contributed by atoms with van der Waals surface area (Å²) in [6.07, 6.45) is 1.64. The number of benzene rings is 2. The summed E-state index contributed by atoms with van der Waals surface area (Å²) in [4.78, 5) is 0. The van der Waals surface area contributed by atoms with Gasteiger partial charge < -0.3 is 10.4 Å². The van der Waals surface area contributed by atoms with Gasteiger partial charge in [0, 0.05) is 16.1 Å². The van der Waals surface area contributed by atoms with Gasteiger partial charge in [0.15, 0.2) is 0 Å². The zero-order valence-corrected chi connectivity index (χ0v) is 13.4. The van der Waals surface area contributed by atoms with Gasteiger partial charge in [0.1, 0.15) is 5.75 Å². The largest absolute Gasteiger partial charge is 0.506 e. The maximum atomic E-state index is 9.85. The van der Waals surface area contributed by atoms with Gasteiger partial charge in [-0.25, -0.2) is 0 Å². The highest BCUT2D eigenvalue weighted by molar-refractivity contribution is 6.35. The number of phenols is 1. The molecule has 2 nitrogen and oxygen atoms in total. The van der Waals surface area contributed by atoms with Gasteiger partial charge >= 0.3 is 0 Å². The SMILES string of the molecule is Oc1cc2c(cc1Cl)CCNC2Cc1ccc(Cl)cc1Cl. The molecule has 1 aliphatic rings. The fourth-order valence-corrected chi connectivity index (χ4v) is 3.41. The van der Waals surface area contributed by atoms with Crippen molar-refractivity contribution in [2.24, 2.45) is 0 Å². The summed E-state index contributed by atoms with van der Waals surface area (Å²) in [5, 5.41) is 15.0. The third kappa shape index (κ3) is 3.14. The second kappa shape index (κ2) is 6.05. The summed E-state index contributed by atoms with van der Waals surface area (Å²) < 4.78 is 0. The monoisotopic (exact) mass is 341 g/mol. The van der Waals surface area contributed by atoms with Crippen molar-refractivity contribution in [1.82, 2.24) is 5.32 Å². The Balaban J connectivity index is 1.93. The number of fused-ring (bicyclic) bond motifs is 1. The van der Waals surface area contributed by atoms with Gasteiger partial charge in [0.2, 0.25) is 0 Å². The summed E-state index contributed by atoms with van der Waals surface area (Å²) in [7, 11) is 0. The molecule has 21 heavy (non-hydrogen) atoms. The lowest BCUT2D eigenvalue weighted by molar-refractivity contribution is 0.463. The van der Waals surface area contributed by atoms with Crippen molar-refractivity contribution in [1.29, 1.82) is 0 Å². The molecule has 5 heteroatoms. The number of hydrogen-bond acceptors (Lipinski definition) is 2. The summed E-state index contributed by atoms with van der Waals surface area (Å²) in [6, 6.07) is 9.24. The van der Waals surface area contributed by atoms with E-state index in [-0.39, 0.29) is 11.8 Å². The summed E-state index contributed by atoms with van der Waals surface area (Å²) in [5.74, 6) is 0.117. The average molecular weight is 343 g/mol. The fourth-order valence-electron chi connectivity index (χ4n) is 2.74. The van der Waals surface area contributed by atoms with Gasteiger partial charge in [-0.15, -0.1) is 0 Å². The Morgan fingerprint density at radius 3 is 2.67 bits per heavy atom. The molecule has 2 aromatic rings. The van der Waals surface area contributed by atoms with Crippen LogP contribution in [0.1, 0.15) is 22.7 Å². The lowest BCUT2D eigenvalue weighted by atomic mass is 9.90. The van der Waals surface area contributed by atoms with E-state index < -0.39 is 0 Å². The third-order valence-electron chi connectivity index (χ3n) is 3.81. The molecule has 0 aromatic heterocycles. The Bertz CT molecular complexity index is 687. The first kappa shape index (κ1) is 15.0. The van der Waals surface area contributed by atoms with E-state index in [1.807, 2.05) is 18.2 Å². The minimum atomic E-state index is 0.107. The Kier molecular flexibility index (Phi) is 4.32. The number of aromatic hydroxyl groups is 1. The molecule has 0 radical (unpaired) electrons. The summed E-state index contributed by atoms with van der Waals surface area (Å²) >= 11 is 18.2. The second-order valence-electron chi connectivity index (χ2n) is 5.20. The molecule has 110 valence electrons. The predicted molar refractivity (Wildman–Crippen MR) is 87.7 cm³/mol. The van der Waals surface area contributed by atoms with Crippen molar-refractivity contribution in [3.8, 4) is 5.75 Å². The third-order valence-corrected chi connectivity index (χ3v) is 4.70. The van der Waals surface area contributed by atoms with Gasteiger partial charge in [-0.2, -0.15) is 0 Å². The molecule has 2 N–H and O–H groups in total. The van der Waals surface area contributed by atoms with Crippen LogP contribution in [0.3, 0.4) is 0 Å². The molecular formula is C16H14Cl3NO. The van der Waals surface area contributed by atoms with Crippen LogP contribution in [0, 0.1) is 0 Å². The zero-order valence-electron chi connectivity index (χ0n) is 11.2. The lowest BCUT2D eigenvalue weighted by Crippen LogP contribution is -2.31. The van der Waals surface area contributed by atoms with Gasteiger partial charge in [0.25, 0.3) is 0 Å². The second-order valence-corrected chi connectivity index (χ2v) is 6.45. The van der Waals surface area contributed by atoms with Crippen LogP contribution in [0.5, 0.6) is 5.75 Å². The molecule has 0 saturated heterocycles. The first-order valence-corrected chi connectivity index (χ1v) is 7.86. The van der Waals surface area contributed by atoms with E-state index in [1.165, 1.54) is 5.56 Å². The van der Waals surface area contributed by atoms with Crippen LogP contribution in [-0.4, -0.2) is 11.7 Å². The van der Waals surface area contributed by atoms with Crippen LogP contribution in [-0.2, 0) is 12.8 Å². The number of nitrogens with one attached hydrogen (secondary N) is 1. The zero-order chi connectivity index (χ0) is 15.0. The van der Waals surface area contributed by atoms with E-state index in [4.69, 9.17) is 34.8 Å². The van der Waals surface area contributed by atoms with Crippen molar-refractivity contribution >= 4 is 34.8 Å². The molecule has 0 bridgehead atoms. The van der Waals surface area contributed by atoms with Crippen molar-refractivity contribution in [2.45, 2.75) is 18.9 Å². The van der Waals surface area contributed by atoms with Crippen LogP contribution in [0.4, 0.5) is 0 Å². The average Bonchev–Trinajstić information content (AvgIpc) is 2.44. The van der Waals surface area contributed by atoms with Crippen LogP contribution in [0.25, 0.3) is 0 Å². The van der Waals surface area contributed by atoms with Crippen LogP contribution >= 0.6 is 34.8 Å². The first-order valence-electron chi connectivity index (χ1n) is 6.73. The van der Waals surface area contributed by atoms with E-state index in [1.54, 1.807) is 12.1 Å². The Labute approximate surface area is 138 Å². The van der Waals surface area contributed by atoms with Crippen molar-refractivity contribution < 1.29 is 5.11 Å². The lowest BCUT2D eigenvalue weighted by Gasteiger charge is -2.28. The maximum Gasteiger partial charge on any atom is 0.134 e. The van der Waals surface area contributed by atoms with E-state index in [0.717, 1.165) is 30.5 Å². The molecule has 1 atom stereocenters. The molecule has 1 aliphatic heterocycles. The molecule has 0 fully saturated rings. The normalized spacial score (nSPS) is 17.6. The van der Waals surface area contributed by atoms with Crippen LogP contribution in [0.2, 0.25) is 15.1 Å². The first-order chi connectivity index (χ1) is 10.0. The minimum absolute atomic E-state index is 0.107. The van der Waals surface area contributed by atoms with Gasteiger partial charge in [0.05, 0.1) is 5.02 Å². The van der Waals surface area contributed by atoms with Crippen molar-refractivity contribution in [3.63, 3.8) is 0 Å².